The topological polar surface area (TPSA) is 78.9 Å². The van der Waals surface area contributed by atoms with Crippen LogP contribution in [0.5, 0.6) is 0 Å². The second-order valence-corrected chi connectivity index (χ2v) is 17.1. The summed E-state index contributed by atoms with van der Waals surface area (Å²) in [7, 11) is 0. The molecule has 0 aliphatic heterocycles. The van der Waals surface area contributed by atoms with Gasteiger partial charge in [-0.05, 0) is 103 Å². The van der Waals surface area contributed by atoms with Crippen molar-refractivity contribution < 1.29 is 28.6 Å². The lowest BCUT2D eigenvalue weighted by Crippen LogP contribution is -2.30. The number of ether oxygens (including phenoxy) is 3. The lowest BCUT2D eigenvalue weighted by molar-refractivity contribution is -0.167. The molecular weight excluding hydrogens is 781 g/mol. The van der Waals surface area contributed by atoms with E-state index in [0.29, 0.717) is 19.3 Å². The van der Waals surface area contributed by atoms with E-state index in [1.54, 1.807) is 0 Å². The Hall–Kier alpha value is -3.41. The summed E-state index contributed by atoms with van der Waals surface area (Å²) >= 11 is 0. The lowest BCUT2D eigenvalue weighted by atomic mass is 10.1. The van der Waals surface area contributed by atoms with E-state index in [4.69, 9.17) is 14.2 Å². The molecule has 1 atom stereocenters. The number of carbonyl (C=O) groups is 3. The molecule has 0 spiro atoms. The largest absolute Gasteiger partial charge is 0.462 e. The van der Waals surface area contributed by atoms with Crippen LogP contribution in [0.25, 0.3) is 0 Å². The van der Waals surface area contributed by atoms with Gasteiger partial charge >= 0.3 is 17.9 Å². The van der Waals surface area contributed by atoms with Gasteiger partial charge in [0.25, 0.3) is 0 Å². The van der Waals surface area contributed by atoms with Crippen molar-refractivity contribution in [1.29, 1.82) is 0 Å². The average Bonchev–Trinajstić information content (AvgIpc) is 3.28. The second-order valence-electron chi connectivity index (χ2n) is 17.1. The zero-order chi connectivity index (χ0) is 45.8. The predicted molar refractivity (Wildman–Crippen MR) is 270 cm³/mol. The summed E-state index contributed by atoms with van der Waals surface area (Å²) in [6.45, 7) is 6.48. The molecule has 0 fully saturated rings. The molecule has 6 nitrogen and oxygen atoms in total. The summed E-state index contributed by atoms with van der Waals surface area (Å²) in [6.07, 6.45) is 65.7. The minimum atomic E-state index is -0.815. The fourth-order valence-electron chi connectivity index (χ4n) is 6.88. The van der Waals surface area contributed by atoms with Crippen LogP contribution < -0.4 is 0 Å². The maximum Gasteiger partial charge on any atom is 0.306 e. The molecule has 0 aliphatic carbocycles. The van der Waals surface area contributed by atoms with E-state index >= 15 is 0 Å². The molecule has 0 heterocycles. The number of rotatable bonds is 46. The number of unbranched alkanes of at least 4 members (excludes halogenated alkanes) is 22. The Morgan fingerprint density at radius 2 is 0.651 bits per heavy atom. The standard InChI is InChI=1S/C57H96O6/c1-4-7-10-13-16-19-22-24-26-28-30-31-33-35-38-41-44-47-50-56(59)62-53-54(52-61-55(58)49-46-43-40-37-21-18-15-12-9-6-3)63-57(60)51-48-45-42-39-36-34-32-29-27-25-23-20-17-14-11-8-5-2/h15,17-18,20,25-28,30-32,34,39,42,54H,4-14,16,19,21-24,29,33,35-38,40-41,43-53H2,1-3H3/b18-15-,20-17-,27-25-,28-26-,31-30-,34-32-,42-39-. The van der Waals surface area contributed by atoms with E-state index in [1.165, 1.54) is 89.9 Å². The summed E-state index contributed by atoms with van der Waals surface area (Å²) in [5.74, 6) is -0.997. The Morgan fingerprint density at radius 3 is 1.13 bits per heavy atom. The summed E-state index contributed by atoms with van der Waals surface area (Å²) in [6, 6.07) is 0. The Morgan fingerprint density at radius 1 is 0.333 bits per heavy atom. The first-order valence-corrected chi connectivity index (χ1v) is 26.1. The van der Waals surface area contributed by atoms with Gasteiger partial charge in [-0.3, -0.25) is 14.4 Å². The number of hydrogen-bond acceptors (Lipinski definition) is 6. The first kappa shape index (κ1) is 59.6. The number of allylic oxidation sites excluding steroid dienone is 14. The van der Waals surface area contributed by atoms with Crippen LogP contribution >= 0.6 is 0 Å². The van der Waals surface area contributed by atoms with Crippen molar-refractivity contribution in [2.24, 2.45) is 0 Å². The van der Waals surface area contributed by atoms with Gasteiger partial charge in [0, 0.05) is 19.3 Å². The normalized spacial score (nSPS) is 12.7. The van der Waals surface area contributed by atoms with Crippen LogP contribution in [0.4, 0.5) is 0 Å². The van der Waals surface area contributed by atoms with E-state index < -0.39 is 6.10 Å². The highest BCUT2D eigenvalue weighted by molar-refractivity contribution is 5.71. The van der Waals surface area contributed by atoms with Crippen LogP contribution in [0.2, 0.25) is 0 Å². The van der Waals surface area contributed by atoms with Gasteiger partial charge in [0.15, 0.2) is 6.10 Å². The summed E-state index contributed by atoms with van der Waals surface area (Å²) in [5, 5.41) is 0. The highest BCUT2D eigenvalue weighted by atomic mass is 16.6. The molecule has 63 heavy (non-hydrogen) atoms. The molecule has 0 radical (unpaired) electrons. The predicted octanol–water partition coefficient (Wildman–Crippen LogP) is 17.2. The van der Waals surface area contributed by atoms with Crippen LogP contribution in [-0.2, 0) is 28.6 Å². The number of hydrogen-bond donors (Lipinski definition) is 0. The highest BCUT2D eigenvalue weighted by Gasteiger charge is 2.19. The van der Waals surface area contributed by atoms with Crippen LogP contribution in [0.1, 0.15) is 239 Å². The zero-order valence-electron chi connectivity index (χ0n) is 41.1. The van der Waals surface area contributed by atoms with Gasteiger partial charge in [-0.15, -0.1) is 0 Å². The first-order valence-electron chi connectivity index (χ1n) is 26.1. The SMILES string of the molecule is CCCC/C=C\CCCCCCC(=O)OCC(COC(=O)CCCCCCC/C=C\C=C/CCCCCCCCC)OC(=O)CCC/C=C\C/C=C\C/C=C\C/C=C\CCCCC. The molecule has 0 N–H and O–H groups in total. The number of carbonyl (C=O) groups excluding carboxylic acids is 3. The molecule has 0 aromatic rings. The molecule has 360 valence electrons. The molecule has 0 amide bonds. The Balaban J connectivity index is 4.48. The maximum atomic E-state index is 12.8. The quantitative estimate of drug-likeness (QED) is 0.0199. The van der Waals surface area contributed by atoms with Crippen molar-refractivity contribution in [3.8, 4) is 0 Å². The van der Waals surface area contributed by atoms with Crippen molar-refractivity contribution in [3.05, 3.63) is 85.1 Å². The molecular formula is C57H96O6. The molecule has 0 saturated carbocycles. The smallest absolute Gasteiger partial charge is 0.306 e. The summed E-state index contributed by atoms with van der Waals surface area (Å²) in [5.41, 5.74) is 0. The van der Waals surface area contributed by atoms with Gasteiger partial charge in [-0.1, -0.05) is 202 Å². The van der Waals surface area contributed by atoms with E-state index in [1.807, 2.05) is 0 Å². The molecule has 0 aliphatic rings. The van der Waals surface area contributed by atoms with Crippen molar-refractivity contribution in [1.82, 2.24) is 0 Å². The Kier molecular flexibility index (Phi) is 48.5. The Labute approximate surface area is 388 Å². The van der Waals surface area contributed by atoms with E-state index in [9.17, 15) is 14.4 Å². The van der Waals surface area contributed by atoms with Crippen LogP contribution in [0.15, 0.2) is 85.1 Å². The van der Waals surface area contributed by atoms with Crippen molar-refractivity contribution in [2.45, 2.75) is 245 Å². The van der Waals surface area contributed by atoms with E-state index in [-0.39, 0.29) is 37.5 Å². The molecule has 0 saturated heterocycles. The molecule has 0 aromatic carbocycles. The second kappa shape index (κ2) is 51.2. The molecule has 0 aromatic heterocycles. The van der Waals surface area contributed by atoms with Crippen molar-refractivity contribution in [3.63, 3.8) is 0 Å². The van der Waals surface area contributed by atoms with Gasteiger partial charge in [0.05, 0.1) is 0 Å². The Bertz CT molecular complexity index is 1240. The zero-order valence-corrected chi connectivity index (χ0v) is 41.1. The van der Waals surface area contributed by atoms with Crippen LogP contribution in [-0.4, -0.2) is 37.2 Å². The van der Waals surface area contributed by atoms with Crippen molar-refractivity contribution >= 4 is 17.9 Å². The van der Waals surface area contributed by atoms with Gasteiger partial charge in [-0.25, -0.2) is 0 Å². The van der Waals surface area contributed by atoms with Gasteiger partial charge in [0.1, 0.15) is 13.2 Å². The lowest BCUT2D eigenvalue weighted by Gasteiger charge is -2.18. The van der Waals surface area contributed by atoms with E-state index in [0.717, 1.165) is 103 Å². The third kappa shape index (κ3) is 49.5. The van der Waals surface area contributed by atoms with Crippen molar-refractivity contribution in [2.75, 3.05) is 13.2 Å². The highest BCUT2D eigenvalue weighted by Crippen LogP contribution is 2.12. The fourth-order valence-corrected chi connectivity index (χ4v) is 6.88. The summed E-state index contributed by atoms with van der Waals surface area (Å²) < 4.78 is 16.7. The van der Waals surface area contributed by atoms with Gasteiger partial charge in [0.2, 0.25) is 0 Å². The van der Waals surface area contributed by atoms with E-state index in [2.05, 4.69) is 106 Å². The number of esters is 3. The van der Waals surface area contributed by atoms with Gasteiger partial charge in [-0.2, -0.15) is 0 Å². The fraction of sp³-hybridized carbons (Fsp3) is 0.702. The monoisotopic (exact) mass is 877 g/mol. The van der Waals surface area contributed by atoms with Crippen LogP contribution in [0, 0.1) is 0 Å². The minimum absolute atomic E-state index is 0.110. The molecule has 0 bridgehead atoms. The molecule has 0 rings (SSSR count). The minimum Gasteiger partial charge on any atom is -0.462 e. The van der Waals surface area contributed by atoms with Gasteiger partial charge < -0.3 is 14.2 Å². The first-order chi connectivity index (χ1) is 31.0. The summed E-state index contributed by atoms with van der Waals surface area (Å²) in [4.78, 5) is 37.9. The third-order valence-corrected chi connectivity index (χ3v) is 10.9. The van der Waals surface area contributed by atoms with Crippen LogP contribution in [0.3, 0.4) is 0 Å². The average molecular weight is 877 g/mol. The maximum absolute atomic E-state index is 12.8. The molecule has 1 unspecified atom stereocenters. The molecule has 6 heteroatoms. The third-order valence-electron chi connectivity index (χ3n) is 10.9.